The van der Waals surface area contributed by atoms with Crippen molar-refractivity contribution >= 4 is 17.7 Å². The first kappa shape index (κ1) is 17.9. The largest absolute Gasteiger partial charge is 0.353 e. The molecule has 1 amide bonds. The molecule has 21 heavy (non-hydrogen) atoms. The molecule has 7 nitrogen and oxygen atoms in total. The Morgan fingerprint density at radius 3 is 2.81 bits per heavy atom. The molecule has 1 aromatic rings. The zero-order valence-corrected chi connectivity index (χ0v) is 14.1. The Morgan fingerprint density at radius 2 is 2.14 bits per heavy atom. The number of hydrogen-bond acceptors (Lipinski definition) is 6. The normalized spacial score (nSPS) is 12.6. The minimum Gasteiger partial charge on any atom is -0.353 e. The number of amides is 1. The van der Waals surface area contributed by atoms with Crippen LogP contribution in [0.15, 0.2) is 5.16 Å². The highest BCUT2D eigenvalue weighted by atomic mass is 32.2. The number of nitrogens with zero attached hydrogens (tertiary/aromatic N) is 4. The predicted molar refractivity (Wildman–Crippen MR) is 84.2 cm³/mol. The zero-order valence-electron chi connectivity index (χ0n) is 13.3. The third kappa shape index (κ3) is 7.42. The number of thioether (sulfide) groups is 1. The number of hydrogen-bond donors (Lipinski definition) is 2. The van der Waals surface area contributed by atoms with Crippen molar-refractivity contribution in [2.75, 3.05) is 12.3 Å². The van der Waals surface area contributed by atoms with Gasteiger partial charge in [-0.15, -0.1) is 5.10 Å². The second-order valence-electron chi connectivity index (χ2n) is 5.34. The smallest absolute Gasteiger partial charge is 0.230 e. The Labute approximate surface area is 130 Å². The Hall–Kier alpha value is -1.15. The van der Waals surface area contributed by atoms with Crippen molar-refractivity contribution in [1.82, 2.24) is 30.8 Å². The molecule has 0 aromatic carbocycles. The second kappa shape index (κ2) is 9.73. The van der Waals surface area contributed by atoms with E-state index in [1.807, 2.05) is 6.92 Å². The molecule has 8 heteroatoms. The van der Waals surface area contributed by atoms with E-state index < -0.39 is 0 Å². The zero-order chi connectivity index (χ0) is 15.7. The van der Waals surface area contributed by atoms with Gasteiger partial charge < -0.3 is 10.6 Å². The van der Waals surface area contributed by atoms with Gasteiger partial charge in [0.1, 0.15) is 0 Å². The van der Waals surface area contributed by atoms with Gasteiger partial charge in [0.05, 0.1) is 12.3 Å². The summed E-state index contributed by atoms with van der Waals surface area (Å²) >= 11 is 1.37. The highest BCUT2D eigenvalue weighted by Crippen LogP contribution is 2.13. The lowest BCUT2D eigenvalue weighted by Gasteiger charge is -2.12. The summed E-state index contributed by atoms with van der Waals surface area (Å²) in [4.78, 5) is 11.8. The molecule has 0 saturated heterocycles. The molecule has 120 valence electrons. The fourth-order valence-electron chi connectivity index (χ4n) is 1.85. The third-order valence-corrected chi connectivity index (χ3v) is 3.79. The van der Waals surface area contributed by atoms with Crippen LogP contribution in [0.1, 0.15) is 40.5 Å². The van der Waals surface area contributed by atoms with Gasteiger partial charge in [0.25, 0.3) is 0 Å². The van der Waals surface area contributed by atoms with Gasteiger partial charge in [-0.1, -0.05) is 39.0 Å². The molecule has 0 aliphatic carbocycles. The van der Waals surface area contributed by atoms with Crippen molar-refractivity contribution in [2.24, 2.45) is 0 Å². The highest BCUT2D eigenvalue weighted by molar-refractivity contribution is 7.99. The fraction of sp³-hybridized carbons (Fsp3) is 0.846. The molecule has 2 N–H and O–H groups in total. The Kier molecular flexibility index (Phi) is 8.29. The van der Waals surface area contributed by atoms with E-state index in [1.54, 1.807) is 4.68 Å². The van der Waals surface area contributed by atoms with E-state index in [2.05, 4.69) is 46.9 Å². The first-order chi connectivity index (χ1) is 10.0. The van der Waals surface area contributed by atoms with Gasteiger partial charge in [0.2, 0.25) is 11.1 Å². The minimum absolute atomic E-state index is 0.0239. The van der Waals surface area contributed by atoms with Gasteiger partial charge in [-0.25, -0.2) is 4.68 Å². The monoisotopic (exact) mass is 314 g/mol. The van der Waals surface area contributed by atoms with E-state index in [4.69, 9.17) is 0 Å². The Bertz CT molecular complexity index is 423. The van der Waals surface area contributed by atoms with E-state index >= 15 is 0 Å². The van der Waals surface area contributed by atoms with Crippen LogP contribution in [0.2, 0.25) is 0 Å². The van der Waals surface area contributed by atoms with Crippen LogP contribution in [-0.2, 0) is 11.3 Å². The van der Waals surface area contributed by atoms with Crippen molar-refractivity contribution in [3.8, 4) is 0 Å². The van der Waals surface area contributed by atoms with E-state index in [0.717, 1.165) is 19.4 Å². The molecule has 0 fully saturated rings. The van der Waals surface area contributed by atoms with Crippen LogP contribution in [0, 0.1) is 0 Å². The lowest BCUT2D eigenvalue weighted by Crippen LogP contribution is -2.33. The Morgan fingerprint density at radius 1 is 1.38 bits per heavy atom. The van der Waals surface area contributed by atoms with E-state index in [-0.39, 0.29) is 11.9 Å². The SMILES string of the molecule is CCCC(C)NC(=O)CSc1nnnn1CCNC(C)C. The van der Waals surface area contributed by atoms with Gasteiger partial charge in [0.15, 0.2) is 0 Å². The van der Waals surface area contributed by atoms with Gasteiger partial charge in [-0.05, 0) is 23.8 Å². The van der Waals surface area contributed by atoms with Gasteiger partial charge in [-0.2, -0.15) is 0 Å². The summed E-state index contributed by atoms with van der Waals surface area (Å²) in [6.45, 7) is 9.82. The van der Waals surface area contributed by atoms with Gasteiger partial charge in [-0.3, -0.25) is 4.79 Å². The van der Waals surface area contributed by atoms with Crippen molar-refractivity contribution in [1.29, 1.82) is 0 Å². The van der Waals surface area contributed by atoms with E-state index in [0.29, 0.717) is 23.5 Å². The molecular formula is C13H26N6OS. The van der Waals surface area contributed by atoms with Crippen LogP contribution >= 0.6 is 11.8 Å². The van der Waals surface area contributed by atoms with E-state index in [9.17, 15) is 4.79 Å². The molecule has 0 aliphatic rings. The summed E-state index contributed by atoms with van der Waals surface area (Å²) < 4.78 is 1.72. The maximum absolute atomic E-state index is 11.8. The molecule has 1 aromatic heterocycles. The van der Waals surface area contributed by atoms with Crippen LogP contribution in [0.3, 0.4) is 0 Å². The molecule has 0 aliphatic heterocycles. The number of carbonyl (C=O) groups excluding carboxylic acids is 1. The molecule has 0 bridgehead atoms. The summed E-state index contributed by atoms with van der Waals surface area (Å²) in [7, 11) is 0. The standard InChI is InChI=1S/C13H26N6OS/c1-5-6-11(4)15-12(20)9-21-13-16-17-18-19(13)8-7-14-10(2)3/h10-11,14H,5-9H2,1-4H3,(H,15,20). The molecule has 0 spiro atoms. The molecule has 1 rings (SSSR count). The minimum atomic E-state index is 0.0239. The quantitative estimate of drug-likeness (QED) is 0.628. The maximum atomic E-state index is 11.8. The number of aromatic nitrogens is 4. The average molecular weight is 314 g/mol. The summed E-state index contributed by atoms with van der Waals surface area (Å²) in [5, 5.41) is 18.5. The number of carbonyl (C=O) groups is 1. The molecule has 1 atom stereocenters. The van der Waals surface area contributed by atoms with Crippen LogP contribution < -0.4 is 10.6 Å². The van der Waals surface area contributed by atoms with Crippen LogP contribution in [0.25, 0.3) is 0 Å². The van der Waals surface area contributed by atoms with Crippen molar-refractivity contribution in [3.63, 3.8) is 0 Å². The van der Waals surface area contributed by atoms with Crippen LogP contribution in [-0.4, -0.2) is 50.5 Å². The highest BCUT2D eigenvalue weighted by Gasteiger charge is 2.11. The second-order valence-corrected chi connectivity index (χ2v) is 6.28. The summed E-state index contributed by atoms with van der Waals surface area (Å²) in [5.41, 5.74) is 0. The van der Waals surface area contributed by atoms with Crippen molar-refractivity contribution in [2.45, 2.75) is 64.3 Å². The van der Waals surface area contributed by atoms with Crippen LogP contribution in [0.5, 0.6) is 0 Å². The van der Waals surface area contributed by atoms with Crippen LogP contribution in [0.4, 0.5) is 0 Å². The first-order valence-electron chi connectivity index (χ1n) is 7.44. The molecular weight excluding hydrogens is 288 g/mol. The summed E-state index contributed by atoms with van der Waals surface area (Å²) in [6.07, 6.45) is 2.06. The third-order valence-electron chi connectivity index (χ3n) is 2.84. The van der Waals surface area contributed by atoms with Gasteiger partial charge in [0, 0.05) is 18.6 Å². The summed E-state index contributed by atoms with van der Waals surface area (Å²) in [6, 6.07) is 0.651. The molecule has 1 unspecified atom stereocenters. The maximum Gasteiger partial charge on any atom is 0.230 e. The predicted octanol–water partition coefficient (Wildman–Crippen LogP) is 1.07. The average Bonchev–Trinajstić information content (AvgIpc) is 2.83. The van der Waals surface area contributed by atoms with Gasteiger partial charge >= 0.3 is 0 Å². The lowest BCUT2D eigenvalue weighted by atomic mass is 10.2. The fourth-order valence-corrected chi connectivity index (χ4v) is 2.57. The Balaban J connectivity index is 2.35. The lowest BCUT2D eigenvalue weighted by molar-refractivity contribution is -0.119. The topological polar surface area (TPSA) is 84.7 Å². The summed E-state index contributed by atoms with van der Waals surface area (Å²) in [5.74, 6) is 0.363. The number of rotatable bonds is 10. The molecule has 1 heterocycles. The molecule has 0 saturated carbocycles. The number of tetrazole rings is 1. The van der Waals surface area contributed by atoms with Crippen molar-refractivity contribution in [3.05, 3.63) is 0 Å². The first-order valence-corrected chi connectivity index (χ1v) is 8.43. The molecule has 0 radical (unpaired) electrons. The van der Waals surface area contributed by atoms with E-state index in [1.165, 1.54) is 11.8 Å². The number of nitrogens with one attached hydrogen (secondary N) is 2. The van der Waals surface area contributed by atoms with Crippen molar-refractivity contribution < 1.29 is 4.79 Å².